The molecule has 0 amide bonds. The van der Waals surface area contributed by atoms with Gasteiger partial charge in [0, 0.05) is 11.1 Å². The first kappa shape index (κ1) is 14.8. The van der Waals surface area contributed by atoms with Crippen LogP contribution >= 0.6 is 0 Å². The molecule has 3 aromatic rings. The Morgan fingerprint density at radius 3 is 2.48 bits per heavy atom. The van der Waals surface area contributed by atoms with Gasteiger partial charge in [0.15, 0.2) is 5.82 Å². The number of aryl methyl sites for hydroxylation is 1. The van der Waals surface area contributed by atoms with Crippen LogP contribution in [0.1, 0.15) is 15.9 Å². The topological polar surface area (TPSA) is 83.0 Å². The molecule has 0 aliphatic rings. The van der Waals surface area contributed by atoms with Gasteiger partial charge in [-0.25, -0.2) is 0 Å². The highest BCUT2D eigenvalue weighted by Crippen LogP contribution is 2.21. The molecule has 0 aliphatic carbocycles. The Morgan fingerprint density at radius 1 is 1.13 bits per heavy atom. The molecule has 2 aromatic carbocycles. The van der Waals surface area contributed by atoms with Gasteiger partial charge < -0.3 is 10.5 Å². The van der Waals surface area contributed by atoms with Gasteiger partial charge >= 0.3 is 0 Å². The van der Waals surface area contributed by atoms with Gasteiger partial charge in [-0.05, 0) is 36.8 Å². The Labute approximate surface area is 133 Å². The molecule has 2 N–H and O–H groups in total. The summed E-state index contributed by atoms with van der Waals surface area (Å²) in [6.07, 6.45) is 0. The molecule has 3 rings (SSSR count). The number of ether oxygens (including phenoxy) is 1. The minimum absolute atomic E-state index is 0.0593. The quantitative estimate of drug-likeness (QED) is 0.804. The van der Waals surface area contributed by atoms with Crippen LogP contribution in [-0.4, -0.2) is 27.8 Å². The van der Waals surface area contributed by atoms with Crippen molar-refractivity contribution >= 4 is 11.9 Å². The summed E-state index contributed by atoms with van der Waals surface area (Å²) in [5.41, 5.74) is 8.19. The molecular formula is C17H16N4O2. The van der Waals surface area contributed by atoms with Crippen molar-refractivity contribution in [1.82, 2.24) is 14.8 Å². The molecule has 1 heterocycles. The van der Waals surface area contributed by atoms with Gasteiger partial charge in [-0.2, -0.15) is 9.67 Å². The lowest BCUT2D eigenvalue weighted by Crippen LogP contribution is -2.16. The number of carbonyl (C=O) groups is 1. The van der Waals surface area contributed by atoms with Crippen molar-refractivity contribution in [3.8, 4) is 17.1 Å². The molecule has 0 radical (unpaired) electrons. The third-order valence-corrected chi connectivity index (χ3v) is 3.55. The summed E-state index contributed by atoms with van der Waals surface area (Å²) in [7, 11) is 1.57. The van der Waals surface area contributed by atoms with Gasteiger partial charge in [0.1, 0.15) is 5.75 Å². The Bertz CT molecular complexity index is 853. The molecule has 6 nitrogen and oxygen atoms in total. The fourth-order valence-corrected chi connectivity index (χ4v) is 2.27. The second-order valence-electron chi connectivity index (χ2n) is 5.05. The summed E-state index contributed by atoms with van der Waals surface area (Å²) in [6.45, 7) is 1.96. The highest BCUT2D eigenvalue weighted by Gasteiger charge is 2.17. The van der Waals surface area contributed by atoms with Crippen LogP contribution in [-0.2, 0) is 0 Å². The Hall–Kier alpha value is -3.15. The van der Waals surface area contributed by atoms with Crippen LogP contribution in [0.25, 0.3) is 11.4 Å². The number of nitrogens with two attached hydrogens (primary N) is 1. The Kier molecular flexibility index (Phi) is 3.80. The number of nitrogen functional groups attached to an aromatic ring is 1. The zero-order chi connectivity index (χ0) is 16.4. The lowest BCUT2D eigenvalue weighted by atomic mass is 10.1. The molecule has 23 heavy (non-hydrogen) atoms. The number of hydrogen-bond acceptors (Lipinski definition) is 5. The largest absolute Gasteiger partial charge is 0.497 e. The van der Waals surface area contributed by atoms with Crippen molar-refractivity contribution in [2.45, 2.75) is 6.92 Å². The Morgan fingerprint density at radius 2 is 1.83 bits per heavy atom. The second-order valence-corrected chi connectivity index (χ2v) is 5.05. The maximum absolute atomic E-state index is 12.5. The zero-order valence-corrected chi connectivity index (χ0v) is 12.9. The molecule has 0 saturated heterocycles. The molecule has 116 valence electrons. The normalized spacial score (nSPS) is 10.5. The van der Waals surface area contributed by atoms with Crippen molar-refractivity contribution in [2.75, 3.05) is 12.8 Å². The molecule has 0 fully saturated rings. The number of rotatable bonds is 3. The van der Waals surface area contributed by atoms with E-state index in [1.807, 2.05) is 31.2 Å². The molecule has 1 aromatic heterocycles. The molecule has 0 saturated carbocycles. The summed E-state index contributed by atoms with van der Waals surface area (Å²) in [4.78, 5) is 16.7. The van der Waals surface area contributed by atoms with Gasteiger partial charge in [0.25, 0.3) is 5.91 Å². The Balaban J connectivity index is 1.97. The van der Waals surface area contributed by atoms with E-state index < -0.39 is 0 Å². The van der Waals surface area contributed by atoms with Crippen molar-refractivity contribution < 1.29 is 9.53 Å². The first-order chi connectivity index (χ1) is 11.1. The second kappa shape index (κ2) is 5.92. The average molecular weight is 308 g/mol. The highest BCUT2D eigenvalue weighted by atomic mass is 16.5. The molecule has 0 atom stereocenters. The maximum atomic E-state index is 12.5. The van der Waals surface area contributed by atoms with E-state index in [9.17, 15) is 4.79 Å². The van der Waals surface area contributed by atoms with E-state index in [0.29, 0.717) is 17.1 Å². The van der Waals surface area contributed by atoms with Gasteiger partial charge in [-0.1, -0.05) is 24.3 Å². The fraction of sp³-hybridized carbons (Fsp3) is 0.118. The molecule has 0 aliphatic heterocycles. The number of benzene rings is 2. The summed E-state index contributed by atoms with van der Waals surface area (Å²) in [6, 6.07) is 14.4. The molecular weight excluding hydrogens is 292 g/mol. The SMILES string of the molecule is COc1ccc(C(=O)n2nc(-c3ccccc3C)nc2N)cc1. The van der Waals surface area contributed by atoms with Crippen LogP contribution in [0.5, 0.6) is 5.75 Å². The van der Waals surface area contributed by atoms with Gasteiger partial charge in [-0.15, -0.1) is 5.10 Å². The third kappa shape index (κ3) is 2.78. The van der Waals surface area contributed by atoms with Crippen LogP contribution in [0.4, 0.5) is 5.95 Å². The third-order valence-electron chi connectivity index (χ3n) is 3.55. The number of nitrogens with zero attached hydrogens (tertiary/aromatic N) is 3. The van der Waals surface area contributed by atoms with E-state index >= 15 is 0 Å². The average Bonchev–Trinajstić information content (AvgIpc) is 2.96. The smallest absolute Gasteiger partial charge is 0.281 e. The summed E-state index contributed by atoms with van der Waals surface area (Å²) >= 11 is 0. The highest BCUT2D eigenvalue weighted by molar-refractivity contribution is 5.97. The maximum Gasteiger partial charge on any atom is 0.281 e. The van der Waals surface area contributed by atoms with Crippen molar-refractivity contribution in [2.24, 2.45) is 0 Å². The summed E-state index contributed by atoms with van der Waals surface area (Å²) in [5.74, 6) is 0.831. The van der Waals surface area contributed by atoms with Crippen LogP contribution in [0, 0.1) is 6.92 Å². The predicted molar refractivity (Wildman–Crippen MR) is 87.3 cm³/mol. The molecule has 0 bridgehead atoms. The van der Waals surface area contributed by atoms with E-state index in [1.54, 1.807) is 31.4 Å². The van der Waals surface area contributed by atoms with E-state index in [2.05, 4.69) is 10.1 Å². The number of aromatic nitrogens is 3. The van der Waals surface area contributed by atoms with Gasteiger partial charge in [-0.3, -0.25) is 4.79 Å². The monoisotopic (exact) mass is 308 g/mol. The number of hydrogen-bond donors (Lipinski definition) is 1. The van der Waals surface area contributed by atoms with Crippen molar-refractivity contribution in [3.63, 3.8) is 0 Å². The number of carbonyl (C=O) groups excluding carboxylic acids is 1. The van der Waals surface area contributed by atoms with E-state index in [4.69, 9.17) is 10.5 Å². The zero-order valence-electron chi connectivity index (χ0n) is 12.9. The summed E-state index contributed by atoms with van der Waals surface area (Å²) < 4.78 is 6.20. The lowest BCUT2D eigenvalue weighted by molar-refractivity contribution is 0.0948. The minimum Gasteiger partial charge on any atom is -0.497 e. The van der Waals surface area contributed by atoms with Gasteiger partial charge in [0.2, 0.25) is 5.95 Å². The van der Waals surface area contributed by atoms with Crippen LogP contribution in [0.15, 0.2) is 48.5 Å². The van der Waals surface area contributed by atoms with Crippen molar-refractivity contribution in [3.05, 3.63) is 59.7 Å². The molecule has 6 heteroatoms. The van der Waals surface area contributed by atoms with Crippen LogP contribution < -0.4 is 10.5 Å². The van der Waals surface area contributed by atoms with Crippen LogP contribution in [0.3, 0.4) is 0 Å². The fourth-order valence-electron chi connectivity index (χ4n) is 2.27. The van der Waals surface area contributed by atoms with Crippen molar-refractivity contribution in [1.29, 1.82) is 0 Å². The first-order valence-electron chi connectivity index (χ1n) is 7.07. The van der Waals surface area contributed by atoms with Gasteiger partial charge in [0.05, 0.1) is 7.11 Å². The minimum atomic E-state index is -0.336. The first-order valence-corrected chi connectivity index (χ1v) is 7.07. The number of anilines is 1. The lowest BCUT2D eigenvalue weighted by Gasteiger charge is -2.03. The van der Waals surface area contributed by atoms with E-state index in [1.165, 1.54) is 0 Å². The van der Waals surface area contributed by atoms with E-state index in [0.717, 1.165) is 15.8 Å². The van der Waals surface area contributed by atoms with E-state index in [-0.39, 0.29) is 11.9 Å². The molecule has 0 unspecified atom stereocenters. The predicted octanol–water partition coefficient (Wildman–Crippen LogP) is 2.53. The number of methoxy groups -OCH3 is 1. The summed E-state index contributed by atoms with van der Waals surface area (Å²) in [5, 5.41) is 4.26. The standard InChI is InChI=1S/C17H16N4O2/c1-11-5-3-4-6-14(11)15-19-17(18)21(20-15)16(22)12-7-9-13(23-2)10-8-12/h3-10H,1-2H3,(H2,18,19,20). The molecule has 0 spiro atoms. The van der Waals surface area contributed by atoms with Crippen LogP contribution in [0.2, 0.25) is 0 Å².